The van der Waals surface area contributed by atoms with E-state index in [1.807, 2.05) is 6.08 Å². The van der Waals surface area contributed by atoms with Gasteiger partial charge in [0.25, 0.3) is 0 Å². The lowest BCUT2D eigenvalue weighted by Crippen LogP contribution is -2.48. The first-order chi connectivity index (χ1) is 16.0. The second-order valence-electron chi connectivity index (χ2n) is 9.61. The lowest BCUT2D eigenvalue weighted by Gasteiger charge is -2.44. The second kappa shape index (κ2) is 11.0. The highest BCUT2D eigenvalue weighted by atomic mass is 16.5. The van der Waals surface area contributed by atoms with Gasteiger partial charge >= 0.3 is 5.97 Å². The largest absolute Gasteiger partial charge is 0.493 e. The van der Waals surface area contributed by atoms with Crippen LogP contribution in [0.3, 0.4) is 0 Å². The number of carbonyl (C=O) groups is 1. The van der Waals surface area contributed by atoms with E-state index in [0.717, 1.165) is 81.2 Å². The fourth-order valence-electron chi connectivity index (χ4n) is 5.11. The van der Waals surface area contributed by atoms with Crippen molar-refractivity contribution in [2.45, 2.75) is 64.3 Å². The highest BCUT2D eigenvalue weighted by Gasteiger charge is 2.34. The monoisotopic (exact) mass is 451 g/mol. The third-order valence-corrected chi connectivity index (χ3v) is 7.11. The van der Waals surface area contributed by atoms with Crippen LogP contribution in [0.1, 0.15) is 69.0 Å². The number of nitrogens with one attached hydrogen (secondary N) is 1. The number of nitrogens with zero attached hydrogens (tertiary/aromatic N) is 2. The van der Waals surface area contributed by atoms with E-state index in [2.05, 4.69) is 41.9 Å². The van der Waals surface area contributed by atoms with Crippen molar-refractivity contribution in [1.82, 2.24) is 10.2 Å². The minimum Gasteiger partial charge on any atom is -0.493 e. The van der Waals surface area contributed by atoms with Crippen molar-refractivity contribution in [2.75, 3.05) is 26.2 Å². The minimum absolute atomic E-state index is 0.0766. The van der Waals surface area contributed by atoms with Crippen LogP contribution in [0.15, 0.2) is 47.2 Å². The van der Waals surface area contributed by atoms with Gasteiger partial charge in [-0.3, -0.25) is 9.69 Å². The number of carboxylic acids is 1. The second-order valence-corrected chi connectivity index (χ2v) is 9.61. The Morgan fingerprint density at radius 2 is 2.21 bits per heavy atom. The van der Waals surface area contributed by atoms with E-state index in [-0.39, 0.29) is 12.5 Å². The summed E-state index contributed by atoms with van der Waals surface area (Å²) in [6, 6.07) is 6.16. The third kappa shape index (κ3) is 6.05. The number of ether oxygens (including phenoxy) is 1. The number of aliphatic imine (C=N–C) groups is 1. The van der Waals surface area contributed by atoms with Crippen LogP contribution in [-0.2, 0) is 11.2 Å². The lowest BCUT2D eigenvalue weighted by atomic mass is 9.88. The molecule has 0 radical (unpaired) electrons. The summed E-state index contributed by atoms with van der Waals surface area (Å²) in [5, 5.41) is 12.9. The fraction of sp³-hybridized carbons (Fsp3) is 0.556. The maximum Gasteiger partial charge on any atom is 0.305 e. The maximum absolute atomic E-state index is 11.5. The molecule has 0 aromatic heterocycles. The maximum atomic E-state index is 11.5. The number of aliphatic carboxylic acids is 1. The molecule has 1 aromatic rings. The standard InChI is InChI=1S/C27H37N3O3/c1-3-23(29-27-19(2)7-6-13-28-27)9-5-4-8-20-17-30(18-20)24(16-26(31)32)22-11-10-21-12-14-33-25(21)15-22/h3,10-11,15,20,24,28H,1,4-9,12-14,16-18H2,2H3,(H,31,32)/b29-23+/t24-/m0/s1. The van der Waals surface area contributed by atoms with Gasteiger partial charge in [-0.2, -0.15) is 0 Å². The first kappa shape index (κ1) is 23.6. The van der Waals surface area contributed by atoms with Gasteiger partial charge < -0.3 is 15.2 Å². The Morgan fingerprint density at radius 1 is 1.36 bits per heavy atom. The number of unbranched alkanes of at least 4 members (excludes halogenated alkanes) is 1. The lowest BCUT2D eigenvalue weighted by molar-refractivity contribution is -0.139. The average Bonchev–Trinajstić information content (AvgIpc) is 3.24. The number of fused-ring (bicyclic) bond motifs is 1. The van der Waals surface area contributed by atoms with E-state index in [4.69, 9.17) is 9.73 Å². The molecule has 3 aliphatic rings. The van der Waals surface area contributed by atoms with E-state index >= 15 is 0 Å². The zero-order valence-electron chi connectivity index (χ0n) is 19.8. The fourth-order valence-corrected chi connectivity index (χ4v) is 5.11. The molecular formula is C27H37N3O3. The molecule has 3 heterocycles. The van der Waals surface area contributed by atoms with Crippen LogP contribution < -0.4 is 10.1 Å². The van der Waals surface area contributed by atoms with Crippen LogP contribution in [0.4, 0.5) is 0 Å². The average molecular weight is 452 g/mol. The number of rotatable bonds is 11. The van der Waals surface area contributed by atoms with Crippen LogP contribution in [0.5, 0.6) is 5.75 Å². The van der Waals surface area contributed by atoms with Crippen LogP contribution in [-0.4, -0.2) is 47.9 Å². The molecule has 0 unspecified atom stereocenters. The molecule has 6 heteroatoms. The Labute approximate surface area is 197 Å². The molecule has 4 rings (SSSR count). The number of hydrogen-bond donors (Lipinski definition) is 2. The van der Waals surface area contributed by atoms with E-state index in [1.54, 1.807) is 0 Å². The quantitative estimate of drug-likeness (QED) is 0.371. The van der Waals surface area contributed by atoms with Crippen molar-refractivity contribution in [2.24, 2.45) is 10.9 Å². The van der Waals surface area contributed by atoms with Crippen molar-refractivity contribution in [3.05, 3.63) is 53.4 Å². The summed E-state index contributed by atoms with van der Waals surface area (Å²) >= 11 is 0. The highest BCUT2D eigenvalue weighted by Crippen LogP contribution is 2.36. The molecule has 3 aliphatic heterocycles. The van der Waals surface area contributed by atoms with E-state index in [0.29, 0.717) is 5.92 Å². The summed E-state index contributed by atoms with van der Waals surface area (Å²) in [7, 11) is 0. The molecule has 1 fully saturated rings. The van der Waals surface area contributed by atoms with Gasteiger partial charge in [-0.05, 0) is 73.8 Å². The Bertz CT molecular complexity index is 931. The van der Waals surface area contributed by atoms with Crippen LogP contribution >= 0.6 is 0 Å². The van der Waals surface area contributed by atoms with Gasteiger partial charge in [0.05, 0.1) is 13.0 Å². The third-order valence-electron chi connectivity index (χ3n) is 7.11. The highest BCUT2D eigenvalue weighted by molar-refractivity contribution is 5.95. The smallest absolute Gasteiger partial charge is 0.305 e. The normalized spacial score (nSPS) is 20.0. The molecular weight excluding hydrogens is 414 g/mol. The Hall–Kier alpha value is -2.60. The SMILES string of the molecule is C=C/C(CCCCC1CN([C@@H](CC(=O)O)c2ccc3c(c2)OCC3)C1)=N\C1=C(C)CCCN1. The van der Waals surface area contributed by atoms with Gasteiger partial charge in [0, 0.05) is 37.8 Å². The molecule has 1 saturated heterocycles. The Morgan fingerprint density at radius 3 is 2.97 bits per heavy atom. The summed E-state index contributed by atoms with van der Waals surface area (Å²) in [6.07, 6.45) is 9.66. The summed E-state index contributed by atoms with van der Waals surface area (Å²) in [4.78, 5) is 18.6. The summed E-state index contributed by atoms with van der Waals surface area (Å²) in [5.41, 5.74) is 4.68. The van der Waals surface area contributed by atoms with E-state index < -0.39 is 5.97 Å². The van der Waals surface area contributed by atoms with Crippen LogP contribution in [0.25, 0.3) is 0 Å². The first-order valence-corrected chi connectivity index (χ1v) is 12.4. The van der Waals surface area contributed by atoms with Gasteiger partial charge in [0.15, 0.2) is 0 Å². The van der Waals surface area contributed by atoms with Crippen molar-refractivity contribution in [3.63, 3.8) is 0 Å². The molecule has 33 heavy (non-hydrogen) atoms. The zero-order chi connectivity index (χ0) is 23.2. The van der Waals surface area contributed by atoms with Gasteiger partial charge in [0.1, 0.15) is 11.6 Å². The summed E-state index contributed by atoms with van der Waals surface area (Å²) in [6.45, 7) is 9.76. The topological polar surface area (TPSA) is 74.2 Å². The minimum atomic E-state index is -0.751. The molecule has 6 nitrogen and oxygen atoms in total. The summed E-state index contributed by atoms with van der Waals surface area (Å²) in [5.74, 6) is 1.85. The Kier molecular flexibility index (Phi) is 7.86. The number of carboxylic acid groups (broad SMARTS) is 1. The van der Waals surface area contributed by atoms with Crippen molar-refractivity contribution >= 4 is 11.7 Å². The molecule has 0 aliphatic carbocycles. The molecule has 2 N–H and O–H groups in total. The van der Waals surface area contributed by atoms with E-state index in [1.165, 1.54) is 24.0 Å². The van der Waals surface area contributed by atoms with Crippen molar-refractivity contribution < 1.29 is 14.6 Å². The Balaban J connectivity index is 1.24. The van der Waals surface area contributed by atoms with Gasteiger partial charge in [0.2, 0.25) is 0 Å². The number of benzene rings is 1. The van der Waals surface area contributed by atoms with Crippen LogP contribution in [0, 0.1) is 5.92 Å². The van der Waals surface area contributed by atoms with Gasteiger partial charge in [-0.1, -0.05) is 25.1 Å². The predicted molar refractivity (Wildman–Crippen MR) is 132 cm³/mol. The van der Waals surface area contributed by atoms with Gasteiger partial charge in [-0.15, -0.1) is 0 Å². The number of allylic oxidation sites excluding steroid dienone is 2. The molecule has 0 saturated carbocycles. The van der Waals surface area contributed by atoms with Gasteiger partial charge in [-0.25, -0.2) is 4.99 Å². The van der Waals surface area contributed by atoms with Crippen molar-refractivity contribution in [1.29, 1.82) is 0 Å². The number of likely N-dealkylation sites (tertiary alicyclic amines) is 1. The number of hydrogen-bond acceptors (Lipinski definition) is 5. The zero-order valence-corrected chi connectivity index (χ0v) is 19.8. The molecule has 0 amide bonds. The summed E-state index contributed by atoms with van der Waals surface area (Å²) < 4.78 is 5.71. The molecule has 1 atom stereocenters. The molecule has 0 spiro atoms. The first-order valence-electron chi connectivity index (χ1n) is 12.4. The van der Waals surface area contributed by atoms with Crippen LogP contribution in [0.2, 0.25) is 0 Å². The molecule has 178 valence electrons. The molecule has 0 bridgehead atoms. The molecule has 1 aromatic carbocycles. The van der Waals surface area contributed by atoms with E-state index in [9.17, 15) is 9.90 Å². The predicted octanol–water partition coefficient (Wildman–Crippen LogP) is 4.87. The van der Waals surface area contributed by atoms with Crippen molar-refractivity contribution in [3.8, 4) is 5.75 Å².